The average Bonchev–Trinajstić information content (AvgIpc) is 2.85. The Morgan fingerprint density at radius 1 is 1.47 bits per heavy atom. The van der Waals surface area contributed by atoms with Crippen molar-refractivity contribution in [3.05, 3.63) is 39.1 Å². The molecular weight excluding hydrogens is 327 g/mol. The minimum atomic E-state index is -0.224. The van der Waals surface area contributed by atoms with Crippen LogP contribution < -0.4 is 5.73 Å². The van der Waals surface area contributed by atoms with Gasteiger partial charge >= 0.3 is 0 Å². The van der Waals surface area contributed by atoms with Gasteiger partial charge in [0.1, 0.15) is 10.8 Å². The monoisotopic (exact) mass is 340 g/mol. The Balaban J connectivity index is 2.07. The van der Waals surface area contributed by atoms with Crippen molar-refractivity contribution in [1.29, 1.82) is 0 Å². The standard InChI is InChI=1S/C14H14BrFN2S/c15-9-4-5-11(16)10(6-9)14-18-13-8(7-17)2-1-3-12(13)19-14/h4-6,8H,1-3,7,17H2. The minimum Gasteiger partial charge on any atom is -0.330 e. The quantitative estimate of drug-likeness (QED) is 0.894. The maximum absolute atomic E-state index is 13.9. The van der Waals surface area contributed by atoms with Gasteiger partial charge in [0, 0.05) is 27.4 Å². The number of aryl methyl sites for hydroxylation is 1. The first-order chi connectivity index (χ1) is 9.19. The lowest BCUT2D eigenvalue weighted by Gasteiger charge is -2.18. The third-order valence-electron chi connectivity index (χ3n) is 3.51. The maximum atomic E-state index is 13.9. The van der Waals surface area contributed by atoms with Crippen molar-refractivity contribution in [3.8, 4) is 10.6 Å². The van der Waals surface area contributed by atoms with Gasteiger partial charge in [-0.25, -0.2) is 9.37 Å². The van der Waals surface area contributed by atoms with Crippen LogP contribution >= 0.6 is 27.3 Å². The van der Waals surface area contributed by atoms with E-state index in [1.165, 1.54) is 10.9 Å². The van der Waals surface area contributed by atoms with Crippen LogP contribution in [0.25, 0.3) is 10.6 Å². The number of hydrogen-bond donors (Lipinski definition) is 1. The largest absolute Gasteiger partial charge is 0.330 e. The number of halogens is 2. The van der Waals surface area contributed by atoms with E-state index >= 15 is 0 Å². The van der Waals surface area contributed by atoms with Crippen molar-refractivity contribution in [1.82, 2.24) is 4.98 Å². The summed E-state index contributed by atoms with van der Waals surface area (Å²) in [6, 6.07) is 4.96. The molecule has 2 N–H and O–H groups in total. The van der Waals surface area contributed by atoms with E-state index in [0.29, 0.717) is 18.0 Å². The second-order valence-electron chi connectivity index (χ2n) is 4.78. The highest BCUT2D eigenvalue weighted by Gasteiger charge is 2.24. The van der Waals surface area contributed by atoms with Gasteiger partial charge in [0.15, 0.2) is 0 Å². The molecule has 0 spiro atoms. The molecular formula is C14H14BrFN2S. The van der Waals surface area contributed by atoms with Crippen LogP contribution in [0, 0.1) is 5.82 Å². The van der Waals surface area contributed by atoms with Crippen molar-refractivity contribution in [2.45, 2.75) is 25.2 Å². The van der Waals surface area contributed by atoms with E-state index in [0.717, 1.165) is 34.4 Å². The summed E-state index contributed by atoms with van der Waals surface area (Å²) in [5.74, 6) is 0.113. The maximum Gasteiger partial charge on any atom is 0.133 e. The van der Waals surface area contributed by atoms with Crippen LogP contribution in [0.15, 0.2) is 22.7 Å². The van der Waals surface area contributed by atoms with Crippen LogP contribution in [-0.4, -0.2) is 11.5 Å². The molecule has 19 heavy (non-hydrogen) atoms. The first-order valence-corrected chi connectivity index (χ1v) is 7.95. The molecule has 100 valence electrons. The molecule has 0 saturated carbocycles. The van der Waals surface area contributed by atoms with Crippen LogP contribution in [0.2, 0.25) is 0 Å². The van der Waals surface area contributed by atoms with Gasteiger partial charge in [-0.3, -0.25) is 0 Å². The predicted molar refractivity (Wildman–Crippen MR) is 79.9 cm³/mol. The Hall–Kier alpha value is -0.780. The lowest BCUT2D eigenvalue weighted by atomic mass is 9.91. The number of aromatic nitrogens is 1. The van der Waals surface area contributed by atoms with Crippen molar-refractivity contribution in [2.24, 2.45) is 5.73 Å². The third kappa shape index (κ3) is 2.47. The van der Waals surface area contributed by atoms with Crippen molar-refractivity contribution in [3.63, 3.8) is 0 Å². The zero-order chi connectivity index (χ0) is 13.4. The SMILES string of the molecule is NCC1CCCc2sc(-c3cc(Br)ccc3F)nc21. The Morgan fingerprint density at radius 3 is 3.11 bits per heavy atom. The lowest BCUT2D eigenvalue weighted by molar-refractivity contribution is 0.554. The van der Waals surface area contributed by atoms with Crippen LogP contribution in [0.3, 0.4) is 0 Å². The Kier molecular flexibility index (Phi) is 3.69. The Bertz CT molecular complexity index is 611. The number of rotatable bonds is 2. The summed E-state index contributed by atoms with van der Waals surface area (Å²) in [6.45, 7) is 0.622. The van der Waals surface area contributed by atoms with Gasteiger partial charge in [0.05, 0.1) is 5.69 Å². The molecule has 1 unspecified atom stereocenters. The fraction of sp³-hybridized carbons (Fsp3) is 0.357. The van der Waals surface area contributed by atoms with E-state index in [2.05, 4.69) is 20.9 Å². The minimum absolute atomic E-state index is 0.224. The van der Waals surface area contributed by atoms with Crippen LogP contribution in [0.4, 0.5) is 4.39 Å². The fourth-order valence-electron chi connectivity index (χ4n) is 2.51. The zero-order valence-electron chi connectivity index (χ0n) is 10.3. The van der Waals surface area contributed by atoms with E-state index in [9.17, 15) is 4.39 Å². The van der Waals surface area contributed by atoms with E-state index in [-0.39, 0.29) is 5.82 Å². The molecule has 1 heterocycles. The molecule has 1 aliphatic carbocycles. The number of hydrogen-bond acceptors (Lipinski definition) is 3. The molecule has 0 amide bonds. The van der Waals surface area contributed by atoms with Gasteiger partial charge in [-0.1, -0.05) is 15.9 Å². The number of benzene rings is 1. The smallest absolute Gasteiger partial charge is 0.133 e. The molecule has 2 nitrogen and oxygen atoms in total. The summed E-state index contributed by atoms with van der Waals surface area (Å²) in [5, 5.41) is 0.768. The normalized spacial score (nSPS) is 18.4. The van der Waals surface area contributed by atoms with Crippen molar-refractivity contribution < 1.29 is 4.39 Å². The van der Waals surface area contributed by atoms with Gasteiger partial charge in [-0.2, -0.15) is 0 Å². The van der Waals surface area contributed by atoms with Gasteiger partial charge in [-0.05, 0) is 37.5 Å². The van der Waals surface area contributed by atoms with Crippen LogP contribution in [0.5, 0.6) is 0 Å². The summed E-state index contributed by atoms with van der Waals surface area (Å²) >= 11 is 4.98. The second-order valence-corrected chi connectivity index (χ2v) is 6.78. The topological polar surface area (TPSA) is 38.9 Å². The molecule has 3 rings (SSSR count). The molecule has 5 heteroatoms. The molecule has 2 aromatic rings. The Morgan fingerprint density at radius 2 is 2.32 bits per heavy atom. The first-order valence-electron chi connectivity index (χ1n) is 6.34. The van der Waals surface area contributed by atoms with Gasteiger partial charge in [0.2, 0.25) is 0 Å². The highest BCUT2D eigenvalue weighted by Crippen LogP contribution is 2.38. The predicted octanol–water partition coefficient (Wildman–Crippen LogP) is 4.09. The second kappa shape index (κ2) is 5.31. The van der Waals surface area contributed by atoms with Crippen molar-refractivity contribution >= 4 is 27.3 Å². The average molecular weight is 341 g/mol. The van der Waals surface area contributed by atoms with E-state index in [1.54, 1.807) is 23.5 Å². The summed E-state index contributed by atoms with van der Waals surface area (Å²) in [6.07, 6.45) is 3.28. The Labute approximate surface area is 124 Å². The molecule has 1 aliphatic rings. The van der Waals surface area contributed by atoms with Crippen LogP contribution in [0.1, 0.15) is 29.3 Å². The molecule has 0 fully saturated rings. The first kappa shape index (κ1) is 13.2. The fourth-order valence-corrected chi connectivity index (χ4v) is 4.08. The van der Waals surface area contributed by atoms with Crippen LogP contribution in [-0.2, 0) is 6.42 Å². The molecule has 1 atom stereocenters. The third-order valence-corrected chi connectivity index (χ3v) is 5.17. The van der Waals surface area contributed by atoms with E-state index in [4.69, 9.17) is 5.73 Å². The highest BCUT2D eigenvalue weighted by molar-refractivity contribution is 9.10. The summed E-state index contributed by atoms with van der Waals surface area (Å²) < 4.78 is 14.8. The molecule has 0 aliphatic heterocycles. The summed E-state index contributed by atoms with van der Waals surface area (Å²) in [4.78, 5) is 5.93. The number of nitrogens with two attached hydrogens (primary N) is 1. The summed E-state index contributed by atoms with van der Waals surface area (Å²) in [5.41, 5.74) is 7.47. The number of nitrogens with zero attached hydrogens (tertiary/aromatic N) is 1. The zero-order valence-corrected chi connectivity index (χ0v) is 12.7. The number of thiazole rings is 1. The van der Waals surface area contributed by atoms with Crippen molar-refractivity contribution in [2.75, 3.05) is 6.54 Å². The summed E-state index contributed by atoms with van der Waals surface area (Å²) in [7, 11) is 0. The molecule has 1 aromatic carbocycles. The molecule has 0 radical (unpaired) electrons. The van der Waals surface area contributed by atoms with Gasteiger partial charge in [0.25, 0.3) is 0 Å². The molecule has 0 saturated heterocycles. The molecule has 0 bridgehead atoms. The lowest BCUT2D eigenvalue weighted by Crippen LogP contribution is -2.17. The number of fused-ring (bicyclic) bond motifs is 1. The van der Waals surface area contributed by atoms with E-state index < -0.39 is 0 Å². The highest BCUT2D eigenvalue weighted by atomic mass is 79.9. The molecule has 1 aromatic heterocycles. The van der Waals surface area contributed by atoms with Gasteiger partial charge in [-0.15, -0.1) is 11.3 Å². The van der Waals surface area contributed by atoms with Gasteiger partial charge < -0.3 is 5.73 Å². The van der Waals surface area contributed by atoms with E-state index in [1.807, 2.05) is 0 Å².